The summed E-state index contributed by atoms with van der Waals surface area (Å²) in [4.78, 5) is 15.4. The molecule has 0 atom stereocenters. The Hall–Kier alpha value is -1.62. The molecule has 100 valence electrons. The Morgan fingerprint density at radius 1 is 1.39 bits per heavy atom. The molecular weight excluding hydrogens is 234 g/mol. The molecule has 0 amide bonds. The molecule has 0 unspecified atom stereocenters. The summed E-state index contributed by atoms with van der Waals surface area (Å²) in [6.45, 7) is 4.43. The zero-order valence-corrected chi connectivity index (χ0v) is 11.2. The first-order chi connectivity index (χ1) is 8.48. The van der Waals surface area contributed by atoms with E-state index in [1.807, 2.05) is 13.8 Å². The van der Waals surface area contributed by atoms with Crippen LogP contribution in [0.1, 0.15) is 30.6 Å². The van der Waals surface area contributed by atoms with Gasteiger partial charge in [-0.3, -0.25) is 0 Å². The van der Waals surface area contributed by atoms with Crippen molar-refractivity contribution in [3.8, 4) is 5.88 Å². The third kappa shape index (κ3) is 4.33. The van der Waals surface area contributed by atoms with Gasteiger partial charge in [0.25, 0.3) is 0 Å². The van der Waals surface area contributed by atoms with E-state index in [1.54, 1.807) is 19.2 Å². The van der Waals surface area contributed by atoms with Crippen LogP contribution in [0.2, 0.25) is 0 Å². The van der Waals surface area contributed by atoms with E-state index in [0.717, 1.165) is 6.42 Å². The fourth-order valence-corrected chi connectivity index (χ4v) is 1.24. The third-order valence-electron chi connectivity index (χ3n) is 2.66. The maximum Gasteiger partial charge on any atom is 0.338 e. The molecule has 1 aromatic rings. The fourth-order valence-electron chi connectivity index (χ4n) is 1.24. The first-order valence-electron chi connectivity index (χ1n) is 5.71. The van der Waals surface area contributed by atoms with Crippen molar-refractivity contribution >= 4 is 5.97 Å². The third-order valence-corrected chi connectivity index (χ3v) is 2.66. The van der Waals surface area contributed by atoms with E-state index in [9.17, 15) is 4.79 Å². The average molecular weight is 253 g/mol. The predicted octanol–water partition coefficient (Wildman–Crippen LogP) is 2.06. The number of hydrogen-bond donors (Lipinski definition) is 0. The topological polar surface area (TPSA) is 57.7 Å². The largest absolute Gasteiger partial charge is 0.478 e. The van der Waals surface area contributed by atoms with Crippen molar-refractivity contribution in [1.82, 2.24) is 4.98 Å². The summed E-state index contributed by atoms with van der Waals surface area (Å²) in [5.41, 5.74) is 0.188. The van der Waals surface area contributed by atoms with Gasteiger partial charge in [-0.15, -0.1) is 0 Å². The van der Waals surface area contributed by atoms with Crippen LogP contribution in [0.3, 0.4) is 0 Å². The van der Waals surface area contributed by atoms with Gasteiger partial charge in [-0.2, -0.15) is 0 Å². The minimum absolute atomic E-state index is 0.236. The number of pyridine rings is 1. The van der Waals surface area contributed by atoms with Crippen molar-refractivity contribution < 1.29 is 19.0 Å². The zero-order chi connectivity index (χ0) is 13.6. The van der Waals surface area contributed by atoms with Crippen molar-refractivity contribution in [3.63, 3.8) is 0 Å². The van der Waals surface area contributed by atoms with Gasteiger partial charge < -0.3 is 14.2 Å². The molecule has 5 heteroatoms. The summed E-state index contributed by atoms with van der Waals surface area (Å²) in [6, 6.07) is 3.14. The molecule has 0 aliphatic carbocycles. The molecule has 0 aliphatic heterocycles. The molecule has 1 heterocycles. The lowest BCUT2D eigenvalue weighted by Gasteiger charge is -2.22. The lowest BCUT2D eigenvalue weighted by molar-refractivity contribution is 0.00505. The SMILES string of the molecule is COC(=O)c1ccnc(OCCC(C)(C)OC)c1. The van der Waals surface area contributed by atoms with E-state index < -0.39 is 5.97 Å². The molecule has 0 spiro atoms. The van der Waals surface area contributed by atoms with E-state index in [1.165, 1.54) is 13.3 Å². The predicted molar refractivity (Wildman–Crippen MR) is 66.8 cm³/mol. The number of carbonyl (C=O) groups excluding carboxylic acids is 1. The van der Waals surface area contributed by atoms with Crippen LogP contribution in [0.4, 0.5) is 0 Å². The van der Waals surface area contributed by atoms with Crippen LogP contribution >= 0.6 is 0 Å². The molecule has 0 fully saturated rings. The highest BCUT2D eigenvalue weighted by molar-refractivity contribution is 5.89. The molecule has 0 radical (unpaired) electrons. The minimum Gasteiger partial charge on any atom is -0.478 e. The highest BCUT2D eigenvalue weighted by Gasteiger charge is 2.16. The van der Waals surface area contributed by atoms with Crippen molar-refractivity contribution in [3.05, 3.63) is 23.9 Å². The van der Waals surface area contributed by atoms with E-state index in [2.05, 4.69) is 9.72 Å². The lowest BCUT2D eigenvalue weighted by atomic mass is 10.1. The Balaban J connectivity index is 2.55. The quantitative estimate of drug-likeness (QED) is 0.726. The number of ether oxygens (including phenoxy) is 3. The maximum atomic E-state index is 11.3. The van der Waals surface area contributed by atoms with Crippen LogP contribution in [0.25, 0.3) is 0 Å². The number of aromatic nitrogens is 1. The number of nitrogens with zero attached hydrogens (tertiary/aromatic N) is 1. The van der Waals surface area contributed by atoms with Gasteiger partial charge in [-0.25, -0.2) is 9.78 Å². The van der Waals surface area contributed by atoms with E-state index in [4.69, 9.17) is 9.47 Å². The highest BCUT2D eigenvalue weighted by atomic mass is 16.5. The Labute approximate surface area is 107 Å². The van der Waals surface area contributed by atoms with Gasteiger partial charge >= 0.3 is 5.97 Å². The van der Waals surface area contributed by atoms with Gasteiger partial charge in [0.1, 0.15) is 0 Å². The van der Waals surface area contributed by atoms with Crippen LogP contribution in [0, 0.1) is 0 Å². The summed E-state index contributed by atoms with van der Waals surface area (Å²) in [5, 5.41) is 0. The number of esters is 1. The molecule has 0 saturated carbocycles. The summed E-state index contributed by atoms with van der Waals surface area (Å²) in [7, 11) is 3.00. The second-order valence-electron chi connectivity index (χ2n) is 4.44. The molecule has 18 heavy (non-hydrogen) atoms. The van der Waals surface area contributed by atoms with Crippen LogP contribution in [0.5, 0.6) is 5.88 Å². The van der Waals surface area contributed by atoms with Crippen LogP contribution < -0.4 is 4.74 Å². The first-order valence-corrected chi connectivity index (χ1v) is 5.71. The number of rotatable bonds is 6. The Morgan fingerprint density at radius 3 is 2.72 bits per heavy atom. The Bertz CT molecular complexity index is 404. The summed E-state index contributed by atoms with van der Waals surface area (Å²) in [5.74, 6) is 0.00396. The molecule has 1 aromatic heterocycles. The normalized spacial score (nSPS) is 11.1. The molecular formula is C13H19NO4. The van der Waals surface area contributed by atoms with Gasteiger partial charge in [0.05, 0.1) is 24.9 Å². The van der Waals surface area contributed by atoms with Gasteiger partial charge in [-0.1, -0.05) is 0 Å². The number of methoxy groups -OCH3 is 2. The van der Waals surface area contributed by atoms with Gasteiger partial charge in [0.2, 0.25) is 5.88 Å². The highest BCUT2D eigenvalue weighted by Crippen LogP contribution is 2.15. The lowest BCUT2D eigenvalue weighted by Crippen LogP contribution is -2.25. The van der Waals surface area contributed by atoms with Crippen molar-refractivity contribution in [2.45, 2.75) is 25.9 Å². The molecule has 5 nitrogen and oxygen atoms in total. The number of carbonyl (C=O) groups is 1. The van der Waals surface area contributed by atoms with Gasteiger partial charge in [0.15, 0.2) is 0 Å². The molecule has 0 N–H and O–H groups in total. The van der Waals surface area contributed by atoms with Crippen molar-refractivity contribution in [2.75, 3.05) is 20.8 Å². The smallest absolute Gasteiger partial charge is 0.338 e. The van der Waals surface area contributed by atoms with Gasteiger partial charge in [-0.05, 0) is 19.9 Å². The second kappa shape index (κ2) is 6.35. The van der Waals surface area contributed by atoms with E-state index in [-0.39, 0.29) is 5.60 Å². The molecule has 1 rings (SSSR count). The Morgan fingerprint density at radius 2 is 2.11 bits per heavy atom. The molecule has 0 aromatic carbocycles. The molecule has 0 bridgehead atoms. The minimum atomic E-state index is -0.403. The first kappa shape index (κ1) is 14.4. The molecule has 0 aliphatic rings. The van der Waals surface area contributed by atoms with Crippen LogP contribution in [-0.2, 0) is 9.47 Å². The summed E-state index contributed by atoms with van der Waals surface area (Å²) < 4.78 is 15.4. The summed E-state index contributed by atoms with van der Waals surface area (Å²) in [6.07, 6.45) is 2.25. The van der Waals surface area contributed by atoms with E-state index in [0.29, 0.717) is 18.1 Å². The summed E-state index contributed by atoms with van der Waals surface area (Å²) >= 11 is 0. The fraction of sp³-hybridized carbons (Fsp3) is 0.538. The number of hydrogen-bond acceptors (Lipinski definition) is 5. The maximum absolute atomic E-state index is 11.3. The zero-order valence-electron chi connectivity index (χ0n) is 11.2. The van der Waals surface area contributed by atoms with E-state index >= 15 is 0 Å². The second-order valence-corrected chi connectivity index (χ2v) is 4.44. The van der Waals surface area contributed by atoms with Crippen molar-refractivity contribution in [1.29, 1.82) is 0 Å². The standard InChI is InChI=1S/C13H19NO4/c1-13(2,17-4)6-8-18-11-9-10(5-7-14-11)12(15)16-3/h5,7,9H,6,8H2,1-4H3. The van der Waals surface area contributed by atoms with Crippen LogP contribution in [0.15, 0.2) is 18.3 Å². The van der Waals surface area contributed by atoms with Crippen molar-refractivity contribution in [2.24, 2.45) is 0 Å². The Kier molecular flexibility index (Phi) is 5.09. The monoisotopic (exact) mass is 253 g/mol. The molecule has 0 saturated heterocycles. The van der Waals surface area contributed by atoms with Gasteiger partial charge in [0, 0.05) is 25.8 Å². The van der Waals surface area contributed by atoms with Crippen LogP contribution in [-0.4, -0.2) is 37.4 Å². The average Bonchev–Trinajstić information content (AvgIpc) is 2.38.